The van der Waals surface area contributed by atoms with Crippen molar-refractivity contribution in [1.29, 1.82) is 0 Å². The second-order valence-corrected chi connectivity index (χ2v) is 5.11. The van der Waals surface area contributed by atoms with E-state index in [1.165, 1.54) is 24.5 Å². The SMILES string of the molecule is Fc1ccc(CNC2CC2)c(Cc2cccnc2)c1. The lowest BCUT2D eigenvalue weighted by molar-refractivity contribution is 0.621. The van der Waals surface area contributed by atoms with Crippen LogP contribution in [0.2, 0.25) is 0 Å². The molecule has 98 valence electrons. The van der Waals surface area contributed by atoms with Crippen molar-refractivity contribution in [3.63, 3.8) is 0 Å². The van der Waals surface area contributed by atoms with Crippen LogP contribution >= 0.6 is 0 Å². The zero-order chi connectivity index (χ0) is 13.1. The maximum absolute atomic E-state index is 13.4. The first-order valence-electron chi connectivity index (χ1n) is 6.71. The van der Waals surface area contributed by atoms with Crippen molar-refractivity contribution in [3.05, 3.63) is 65.2 Å². The molecule has 1 N–H and O–H groups in total. The number of benzene rings is 1. The van der Waals surface area contributed by atoms with Crippen LogP contribution in [-0.2, 0) is 13.0 Å². The summed E-state index contributed by atoms with van der Waals surface area (Å²) in [5.41, 5.74) is 3.33. The zero-order valence-corrected chi connectivity index (χ0v) is 10.8. The quantitative estimate of drug-likeness (QED) is 0.889. The van der Waals surface area contributed by atoms with E-state index < -0.39 is 0 Å². The molecular formula is C16H17FN2. The van der Waals surface area contributed by atoms with Gasteiger partial charge in [-0.1, -0.05) is 12.1 Å². The van der Waals surface area contributed by atoms with Crippen molar-refractivity contribution < 1.29 is 4.39 Å². The largest absolute Gasteiger partial charge is 0.310 e. The maximum Gasteiger partial charge on any atom is 0.123 e. The van der Waals surface area contributed by atoms with Gasteiger partial charge in [0.15, 0.2) is 0 Å². The number of pyridine rings is 1. The van der Waals surface area contributed by atoms with Crippen molar-refractivity contribution >= 4 is 0 Å². The number of halogens is 1. The lowest BCUT2D eigenvalue weighted by Gasteiger charge is -2.10. The zero-order valence-electron chi connectivity index (χ0n) is 10.8. The Labute approximate surface area is 112 Å². The van der Waals surface area contributed by atoms with Crippen LogP contribution in [-0.4, -0.2) is 11.0 Å². The summed E-state index contributed by atoms with van der Waals surface area (Å²) in [5.74, 6) is -0.172. The maximum atomic E-state index is 13.4. The summed E-state index contributed by atoms with van der Waals surface area (Å²) in [7, 11) is 0. The van der Waals surface area contributed by atoms with E-state index in [4.69, 9.17) is 0 Å². The van der Waals surface area contributed by atoms with Gasteiger partial charge >= 0.3 is 0 Å². The van der Waals surface area contributed by atoms with Crippen molar-refractivity contribution in [2.45, 2.75) is 31.8 Å². The fraction of sp³-hybridized carbons (Fsp3) is 0.312. The van der Waals surface area contributed by atoms with Crippen LogP contribution < -0.4 is 5.32 Å². The van der Waals surface area contributed by atoms with E-state index in [1.54, 1.807) is 12.3 Å². The van der Waals surface area contributed by atoms with E-state index in [2.05, 4.69) is 10.3 Å². The van der Waals surface area contributed by atoms with Gasteiger partial charge in [0.25, 0.3) is 0 Å². The first kappa shape index (κ1) is 12.3. The number of rotatable bonds is 5. The average molecular weight is 256 g/mol. The summed E-state index contributed by atoms with van der Waals surface area (Å²) in [6, 6.07) is 9.66. The Kier molecular flexibility index (Phi) is 3.56. The smallest absolute Gasteiger partial charge is 0.123 e. The Morgan fingerprint density at radius 2 is 2.11 bits per heavy atom. The summed E-state index contributed by atoms with van der Waals surface area (Å²) < 4.78 is 13.4. The summed E-state index contributed by atoms with van der Waals surface area (Å²) in [6.07, 6.45) is 6.85. The number of hydrogen-bond acceptors (Lipinski definition) is 2. The molecule has 19 heavy (non-hydrogen) atoms. The Morgan fingerprint density at radius 1 is 1.21 bits per heavy atom. The van der Waals surface area contributed by atoms with Crippen LogP contribution in [0.4, 0.5) is 4.39 Å². The van der Waals surface area contributed by atoms with Gasteiger partial charge in [-0.25, -0.2) is 4.39 Å². The van der Waals surface area contributed by atoms with Gasteiger partial charge < -0.3 is 5.32 Å². The van der Waals surface area contributed by atoms with Gasteiger partial charge in [-0.15, -0.1) is 0 Å². The molecule has 1 aliphatic carbocycles. The van der Waals surface area contributed by atoms with Gasteiger partial charge in [-0.3, -0.25) is 4.98 Å². The molecule has 2 nitrogen and oxygen atoms in total. The summed E-state index contributed by atoms with van der Waals surface area (Å²) in [4.78, 5) is 4.11. The van der Waals surface area contributed by atoms with Gasteiger partial charge in [0.1, 0.15) is 5.82 Å². The minimum Gasteiger partial charge on any atom is -0.310 e. The average Bonchev–Trinajstić information content (AvgIpc) is 3.23. The standard InChI is InChI=1S/C16H17FN2/c17-15-4-3-13(11-19-16-5-6-16)14(9-15)8-12-2-1-7-18-10-12/h1-4,7,9-10,16,19H,5-6,8,11H2. The molecule has 0 aliphatic heterocycles. The van der Waals surface area contributed by atoms with E-state index in [9.17, 15) is 4.39 Å². The topological polar surface area (TPSA) is 24.9 Å². The van der Waals surface area contributed by atoms with Gasteiger partial charge in [-0.05, 0) is 54.2 Å². The highest BCUT2D eigenvalue weighted by molar-refractivity contribution is 5.32. The highest BCUT2D eigenvalue weighted by atomic mass is 19.1. The molecule has 1 fully saturated rings. The highest BCUT2D eigenvalue weighted by Crippen LogP contribution is 2.21. The van der Waals surface area contributed by atoms with E-state index in [-0.39, 0.29) is 5.82 Å². The van der Waals surface area contributed by atoms with Gasteiger partial charge in [-0.2, -0.15) is 0 Å². The predicted octanol–water partition coefficient (Wildman–Crippen LogP) is 3.06. The number of nitrogens with zero attached hydrogens (tertiary/aromatic N) is 1. The minimum absolute atomic E-state index is 0.172. The monoisotopic (exact) mass is 256 g/mol. The normalized spacial score (nSPS) is 14.6. The number of aromatic nitrogens is 1. The second-order valence-electron chi connectivity index (χ2n) is 5.11. The Morgan fingerprint density at radius 3 is 2.84 bits per heavy atom. The fourth-order valence-corrected chi connectivity index (χ4v) is 2.20. The van der Waals surface area contributed by atoms with Gasteiger partial charge in [0, 0.05) is 25.0 Å². The Hall–Kier alpha value is -1.74. The van der Waals surface area contributed by atoms with Crippen LogP contribution in [0.1, 0.15) is 29.5 Å². The summed E-state index contributed by atoms with van der Waals surface area (Å²) >= 11 is 0. The molecule has 3 rings (SSSR count). The lowest BCUT2D eigenvalue weighted by atomic mass is 10.0. The highest BCUT2D eigenvalue weighted by Gasteiger charge is 2.20. The summed E-state index contributed by atoms with van der Waals surface area (Å²) in [5, 5.41) is 3.48. The van der Waals surface area contributed by atoms with E-state index in [0.717, 1.165) is 24.1 Å². The molecule has 3 heteroatoms. The number of nitrogens with one attached hydrogen (secondary N) is 1. The molecular weight excluding hydrogens is 239 g/mol. The molecule has 0 spiro atoms. The molecule has 1 aliphatic rings. The van der Waals surface area contributed by atoms with E-state index >= 15 is 0 Å². The first-order valence-corrected chi connectivity index (χ1v) is 6.71. The minimum atomic E-state index is -0.172. The third-order valence-corrected chi connectivity index (χ3v) is 3.44. The van der Waals surface area contributed by atoms with Crippen LogP contribution in [0.25, 0.3) is 0 Å². The van der Waals surface area contributed by atoms with Gasteiger partial charge in [0.05, 0.1) is 0 Å². The molecule has 1 aromatic heterocycles. The number of hydrogen-bond donors (Lipinski definition) is 1. The molecule has 0 amide bonds. The van der Waals surface area contributed by atoms with Crippen LogP contribution in [0.3, 0.4) is 0 Å². The molecule has 0 radical (unpaired) electrons. The van der Waals surface area contributed by atoms with Crippen LogP contribution in [0.15, 0.2) is 42.7 Å². The molecule has 1 saturated carbocycles. The van der Waals surface area contributed by atoms with Crippen molar-refractivity contribution in [2.75, 3.05) is 0 Å². The van der Waals surface area contributed by atoms with Crippen molar-refractivity contribution in [3.8, 4) is 0 Å². The fourth-order valence-electron chi connectivity index (χ4n) is 2.20. The Bertz CT molecular complexity index is 550. The first-order chi connectivity index (χ1) is 9.31. The molecule has 1 heterocycles. The Balaban J connectivity index is 1.78. The van der Waals surface area contributed by atoms with Crippen LogP contribution in [0, 0.1) is 5.82 Å². The van der Waals surface area contributed by atoms with Crippen LogP contribution in [0.5, 0.6) is 0 Å². The lowest BCUT2D eigenvalue weighted by Crippen LogP contribution is -2.16. The molecule has 0 bridgehead atoms. The van der Waals surface area contributed by atoms with E-state index in [0.29, 0.717) is 6.04 Å². The molecule has 0 atom stereocenters. The second kappa shape index (κ2) is 5.49. The third-order valence-electron chi connectivity index (χ3n) is 3.44. The third kappa shape index (κ3) is 3.38. The predicted molar refractivity (Wildman–Crippen MR) is 73.3 cm³/mol. The molecule has 0 unspecified atom stereocenters. The van der Waals surface area contributed by atoms with Crippen molar-refractivity contribution in [1.82, 2.24) is 10.3 Å². The summed E-state index contributed by atoms with van der Waals surface area (Å²) in [6.45, 7) is 0.820. The molecule has 0 saturated heterocycles. The molecule has 1 aromatic carbocycles. The molecule has 2 aromatic rings. The van der Waals surface area contributed by atoms with E-state index in [1.807, 2.05) is 24.4 Å². The van der Waals surface area contributed by atoms with Crippen molar-refractivity contribution in [2.24, 2.45) is 0 Å². The van der Waals surface area contributed by atoms with Gasteiger partial charge in [0.2, 0.25) is 0 Å².